The van der Waals surface area contributed by atoms with Crippen molar-refractivity contribution in [3.8, 4) is 6.07 Å². The molecule has 31 heavy (non-hydrogen) atoms. The highest BCUT2D eigenvalue weighted by Gasteiger charge is 2.19. The number of hydrogen-bond acceptors (Lipinski definition) is 3. The molecular formula is C26H31N3O2. The van der Waals surface area contributed by atoms with E-state index < -0.39 is 0 Å². The standard InChI is InChI=1S/C15H18N2O.C11H13NO/c16-11-13-6-8-14(9-7-13)17-15(18)10-12-4-2-1-3-5-12;13-11-7-4-8-12(11)9-10-5-2-1-3-6-10/h6-9,12H,1-5,10H2,(H,17,18);1-3,5-6H,4,7-9H2. The van der Waals surface area contributed by atoms with E-state index in [4.69, 9.17) is 5.26 Å². The van der Waals surface area contributed by atoms with Gasteiger partial charge in [-0.15, -0.1) is 0 Å². The number of nitriles is 1. The van der Waals surface area contributed by atoms with Gasteiger partial charge in [0, 0.05) is 31.6 Å². The number of hydrogen-bond donors (Lipinski definition) is 1. The molecule has 1 heterocycles. The van der Waals surface area contributed by atoms with E-state index in [2.05, 4.69) is 23.5 Å². The molecule has 0 bridgehead atoms. The van der Waals surface area contributed by atoms with Gasteiger partial charge in [-0.2, -0.15) is 5.26 Å². The predicted octanol–water partition coefficient (Wildman–Crippen LogP) is 5.28. The van der Waals surface area contributed by atoms with Crippen LogP contribution in [0.2, 0.25) is 0 Å². The molecule has 1 saturated carbocycles. The highest BCUT2D eigenvalue weighted by Crippen LogP contribution is 2.26. The highest BCUT2D eigenvalue weighted by atomic mass is 16.2. The maximum atomic E-state index is 11.9. The van der Waals surface area contributed by atoms with Gasteiger partial charge in [-0.25, -0.2) is 0 Å². The van der Waals surface area contributed by atoms with E-state index in [-0.39, 0.29) is 5.91 Å². The third-order valence-corrected chi connectivity index (χ3v) is 5.88. The van der Waals surface area contributed by atoms with Crippen LogP contribution in [-0.4, -0.2) is 23.3 Å². The molecule has 1 aliphatic heterocycles. The average molecular weight is 418 g/mol. The number of rotatable bonds is 5. The summed E-state index contributed by atoms with van der Waals surface area (Å²) >= 11 is 0. The van der Waals surface area contributed by atoms with Crippen LogP contribution in [0, 0.1) is 17.2 Å². The minimum Gasteiger partial charge on any atom is -0.338 e. The van der Waals surface area contributed by atoms with Gasteiger partial charge in [0.2, 0.25) is 11.8 Å². The first kappa shape index (κ1) is 22.6. The van der Waals surface area contributed by atoms with Gasteiger partial charge >= 0.3 is 0 Å². The van der Waals surface area contributed by atoms with Crippen molar-refractivity contribution in [1.29, 1.82) is 5.26 Å². The van der Waals surface area contributed by atoms with E-state index >= 15 is 0 Å². The van der Waals surface area contributed by atoms with Crippen molar-refractivity contribution < 1.29 is 9.59 Å². The quantitative estimate of drug-likeness (QED) is 0.720. The van der Waals surface area contributed by atoms with Gasteiger partial charge in [0.05, 0.1) is 11.6 Å². The Morgan fingerprint density at radius 3 is 2.32 bits per heavy atom. The molecule has 0 spiro atoms. The Balaban J connectivity index is 0.000000185. The number of nitrogens with zero attached hydrogens (tertiary/aromatic N) is 2. The monoisotopic (exact) mass is 417 g/mol. The summed E-state index contributed by atoms with van der Waals surface area (Å²) in [7, 11) is 0. The Kier molecular flexibility index (Phi) is 8.66. The number of nitrogens with one attached hydrogen (secondary N) is 1. The number of likely N-dealkylation sites (tertiary alicyclic amines) is 1. The normalized spacial score (nSPS) is 16.2. The molecule has 2 aromatic carbocycles. The predicted molar refractivity (Wildman–Crippen MR) is 122 cm³/mol. The van der Waals surface area contributed by atoms with Crippen LogP contribution in [0.1, 0.15) is 62.5 Å². The SMILES string of the molecule is N#Cc1ccc(NC(=O)CC2CCCCC2)cc1.O=C1CCCN1Cc1ccccc1. The minimum absolute atomic E-state index is 0.0895. The first-order valence-electron chi connectivity index (χ1n) is 11.3. The Morgan fingerprint density at radius 2 is 1.71 bits per heavy atom. The lowest BCUT2D eigenvalue weighted by Gasteiger charge is -2.20. The summed E-state index contributed by atoms with van der Waals surface area (Å²) in [5.41, 5.74) is 2.60. The molecule has 0 atom stereocenters. The van der Waals surface area contributed by atoms with Gasteiger partial charge in [-0.3, -0.25) is 9.59 Å². The van der Waals surface area contributed by atoms with Crippen LogP contribution in [0.15, 0.2) is 54.6 Å². The third kappa shape index (κ3) is 7.57. The number of anilines is 1. The molecule has 0 unspecified atom stereocenters. The summed E-state index contributed by atoms with van der Waals surface area (Å²) in [6, 6.07) is 19.2. The summed E-state index contributed by atoms with van der Waals surface area (Å²) in [4.78, 5) is 25.1. The zero-order chi connectivity index (χ0) is 21.9. The number of carbonyl (C=O) groups excluding carboxylic acids is 2. The molecule has 2 fully saturated rings. The van der Waals surface area contributed by atoms with Crippen molar-refractivity contribution >= 4 is 17.5 Å². The van der Waals surface area contributed by atoms with Crippen LogP contribution in [0.4, 0.5) is 5.69 Å². The summed E-state index contributed by atoms with van der Waals surface area (Å²) < 4.78 is 0. The van der Waals surface area contributed by atoms with Crippen LogP contribution in [0.5, 0.6) is 0 Å². The van der Waals surface area contributed by atoms with Gasteiger partial charge in [-0.1, -0.05) is 49.6 Å². The fourth-order valence-corrected chi connectivity index (χ4v) is 4.17. The average Bonchev–Trinajstić information content (AvgIpc) is 3.20. The molecule has 1 saturated heterocycles. The van der Waals surface area contributed by atoms with Crippen LogP contribution in [0.3, 0.4) is 0 Å². The number of benzene rings is 2. The Morgan fingerprint density at radius 1 is 1.00 bits per heavy atom. The van der Waals surface area contributed by atoms with Crippen molar-refractivity contribution in [3.05, 3.63) is 65.7 Å². The second kappa shape index (κ2) is 11.9. The van der Waals surface area contributed by atoms with Crippen molar-refractivity contribution in [1.82, 2.24) is 4.90 Å². The molecule has 5 heteroatoms. The molecule has 1 aliphatic carbocycles. The molecule has 2 amide bonds. The number of amides is 2. The zero-order valence-corrected chi connectivity index (χ0v) is 18.1. The molecule has 4 rings (SSSR count). The highest BCUT2D eigenvalue weighted by molar-refractivity contribution is 5.90. The fourth-order valence-electron chi connectivity index (χ4n) is 4.17. The van der Waals surface area contributed by atoms with Crippen LogP contribution in [0.25, 0.3) is 0 Å². The lowest BCUT2D eigenvalue weighted by Crippen LogP contribution is -2.23. The third-order valence-electron chi connectivity index (χ3n) is 5.88. The topological polar surface area (TPSA) is 73.2 Å². The van der Waals surface area contributed by atoms with E-state index in [1.165, 1.54) is 37.7 Å². The lowest BCUT2D eigenvalue weighted by atomic mass is 9.87. The maximum absolute atomic E-state index is 11.9. The second-order valence-electron chi connectivity index (χ2n) is 8.35. The van der Waals surface area contributed by atoms with E-state index in [0.717, 1.165) is 31.6 Å². The van der Waals surface area contributed by atoms with Gasteiger partial charge in [0.25, 0.3) is 0 Å². The maximum Gasteiger partial charge on any atom is 0.224 e. The fraction of sp³-hybridized carbons (Fsp3) is 0.423. The van der Waals surface area contributed by atoms with Crippen molar-refractivity contribution in [2.75, 3.05) is 11.9 Å². The van der Waals surface area contributed by atoms with E-state index in [9.17, 15) is 9.59 Å². The van der Waals surface area contributed by atoms with Gasteiger partial charge in [0.15, 0.2) is 0 Å². The van der Waals surface area contributed by atoms with Crippen molar-refractivity contribution in [2.24, 2.45) is 5.92 Å². The molecule has 162 valence electrons. The zero-order valence-electron chi connectivity index (χ0n) is 18.1. The minimum atomic E-state index is 0.0895. The summed E-state index contributed by atoms with van der Waals surface area (Å²) in [5.74, 6) is 0.938. The first-order valence-corrected chi connectivity index (χ1v) is 11.3. The van der Waals surface area contributed by atoms with E-state index in [1.54, 1.807) is 24.3 Å². The lowest BCUT2D eigenvalue weighted by molar-refractivity contribution is -0.128. The summed E-state index contributed by atoms with van der Waals surface area (Å²) in [6.07, 6.45) is 8.57. The van der Waals surface area contributed by atoms with Crippen LogP contribution >= 0.6 is 0 Å². The van der Waals surface area contributed by atoms with E-state index in [0.29, 0.717) is 23.8 Å². The van der Waals surface area contributed by atoms with Gasteiger partial charge in [-0.05, 0) is 55.0 Å². The van der Waals surface area contributed by atoms with E-state index in [1.807, 2.05) is 23.1 Å². The molecule has 1 N–H and O–H groups in total. The summed E-state index contributed by atoms with van der Waals surface area (Å²) in [6.45, 7) is 1.70. The summed E-state index contributed by atoms with van der Waals surface area (Å²) in [5, 5.41) is 11.6. The van der Waals surface area contributed by atoms with Gasteiger partial charge in [0.1, 0.15) is 0 Å². The molecule has 2 aliphatic rings. The van der Waals surface area contributed by atoms with Crippen molar-refractivity contribution in [3.63, 3.8) is 0 Å². The van der Waals surface area contributed by atoms with Crippen LogP contribution in [-0.2, 0) is 16.1 Å². The van der Waals surface area contributed by atoms with Gasteiger partial charge < -0.3 is 10.2 Å². The molecule has 0 aromatic heterocycles. The molecule has 0 radical (unpaired) electrons. The van der Waals surface area contributed by atoms with Crippen LogP contribution < -0.4 is 5.32 Å². The second-order valence-corrected chi connectivity index (χ2v) is 8.35. The Labute approximate surface area is 185 Å². The smallest absolute Gasteiger partial charge is 0.224 e. The Hall–Kier alpha value is -3.13. The Bertz CT molecular complexity index is 881. The van der Waals surface area contributed by atoms with Crippen molar-refractivity contribution in [2.45, 2.75) is 57.9 Å². The largest absolute Gasteiger partial charge is 0.338 e. The first-order chi connectivity index (χ1) is 15.1. The molecule has 5 nitrogen and oxygen atoms in total. The number of carbonyl (C=O) groups is 2. The molecular weight excluding hydrogens is 386 g/mol. The molecule has 2 aromatic rings.